The fraction of sp³-hybridized carbons (Fsp3) is 0.636. The number of amides is 2. The van der Waals surface area contributed by atoms with Crippen molar-refractivity contribution in [2.75, 3.05) is 33.2 Å². The summed E-state index contributed by atoms with van der Waals surface area (Å²) < 4.78 is 13.4. The monoisotopic (exact) mass is 389 g/mol. The van der Waals surface area contributed by atoms with E-state index in [1.54, 1.807) is 18.0 Å². The largest absolute Gasteiger partial charge is 0.342 e. The van der Waals surface area contributed by atoms with Gasteiger partial charge in [0, 0.05) is 32.6 Å². The molecule has 2 fully saturated rings. The van der Waals surface area contributed by atoms with Crippen molar-refractivity contribution < 1.29 is 14.0 Å². The van der Waals surface area contributed by atoms with Crippen molar-refractivity contribution in [1.29, 1.82) is 0 Å². The first-order valence-electron chi connectivity index (χ1n) is 10.5. The zero-order valence-electron chi connectivity index (χ0n) is 17.1. The van der Waals surface area contributed by atoms with Gasteiger partial charge in [-0.1, -0.05) is 12.1 Å². The standard InChI is InChI=1S/C22H32FN3O2/c1-17(21(27)24(2)16-18-7-6-8-20(23)15-18)25-13-9-19(10-14-25)22(28)26-11-4-3-5-12-26/h6-8,15,17,19H,3-5,9-14,16H2,1-2H3. The van der Waals surface area contributed by atoms with Crippen LogP contribution in [0.1, 0.15) is 44.6 Å². The Balaban J connectivity index is 1.49. The van der Waals surface area contributed by atoms with E-state index in [1.807, 2.05) is 17.9 Å². The van der Waals surface area contributed by atoms with Gasteiger partial charge in [0.25, 0.3) is 0 Å². The van der Waals surface area contributed by atoms with Crippen molar-refractivity contribution in [2.24, 2.45) is 5.92 Å². The molecular weight excluding hydrogens is 357 g/mol. The lowest BCUT2D eigenvalue weighted by atomic mass is 9.93. The summed E-state index contributed by atoms with van der Waals surface area (Å²) >= 11 is 0. The van der Waals surface area contributed by atoms with Crippen LogP contribution < -0.4 is 0 Å². The molecule has 2 saturated heterocycles. The Labute approximate surface area is 167 Å². The van der Waals surface area contributed by atoms with E-state index in [0.29, 0.717) is 12.5 Å². The molecule has 3 rings (SSSR count). The molecule has 1 unspecified atom stereocenters. The van der Waals surface area contributed by atoms with Gasteiger partial charge in [0.05, 0.1) is 6.04 Å². The average molecular weight is 390 g/mol. The van der Waals surface area contributed by atoms with Gasteiger partial charge < -0.3 is 9.80 Å². The van der Waals surface area contributed by atoms with E-state index in [9.17, 15) is 14.0 Å². The van der Waals surface area contributed by atoms with Crippen LogP contribution in [0.4, 0.5) is 4.39 Å². The Morgan fingerprint density at radius 3 is 2.46 bits per heavy atom. The number of carbonyl (C=O) groups excluding carboxylic acids is 2. The topological polar surface area (TPSA) is 43.9 Å². The maximum Gasteiger partial charge on any atom is 0.239 e. The summed E-state index contributed by atoms with van der Waals surface area (Å²) in [6.07, 6.45) is 5.10. The van der Waals surface area contributed by atoms with Crippen molar-refractivity contribution in [3.63, 3.8) is 0 Å². The lowest BCUT2D eigenvalue weighted by Gasteiger charge is -2.38. The molecule has 0 bridgehead atoms. The summed E-state index contributed by atoms with van der Waals surface area (Å²) in [6, 6.07) is 6.13. The number of nitrogens with zero attached hydrogens (tertiary/aromatic N) is 3. The smallest absolute Gasteiger partial charge is 0.239 e. The molecule has 2 heterocycles. The highest BCUT2D eigenvalue weighted by molar-refractivity contribution is 5.81. The zero-order chi connectivity index (χ0) is 20.1. The van der Waals surface area contributed by atoms with Gasteiger partial charge >= 0.3 is 0 Å². The fourth-order valence-corrected chi connectivity index (χ4v) is 4.37. The number of benzene rings is 1. The maximum absolute atomic E-state index is 13.4. The summed E-state index contributed by atoms with van der Waals surface area (Å²) in [5, 5.41) is 0. The third-order valence-corrected chi connectivity index (χ3v) is 6.14. The number of rotatable bonds is 5. The highest BCUT2D eigenvalue weighted by atomic mass is 19.1. The van der Waals surface area contributed by atoms with E-state index >= 15 is 0 Å². The second-order valence-corrected chi connectivity index (χ2v) is 8.20. The normalized spacial score (nSPS) is 20.0. The van der Waals surface area contributed by atoms with Crippen molar-refractivity contribution in [2.45, 2.75) is 51.6 Å². The molecule has 1 atom stereocenters. The minimum atomic E-state index is -0.285. The van der Waals surface area contributed by atoms with Crippen LogP contribution in [-0.4, -0.2) is 65.8 Å². The van der Waals surface area contributed by atoms with Gasteiger partial charge in [-0.05, 0) is 69.8 Å². The van der Waals surface area contributed by atoms with Crippen LogP contribution in [0.15, 0.2) is 24.3 Å². The molecule has 0 saturated carbocycles. The molecular formula is C22H32FN3O2. The Kier molecular flexibility index (Phi) is 7.05. The quantitative estimate of drug-likeness (QED) is 0.778. The summed E-state index contributed by atoms with van der Waals surface area (Å²) in [6.45, 7) is 5.66. The Hall–Kier alpha value is -1.95. The average Bonchev–Trinajstić information content (AvgIpc) is 2.73. The number of piperidine rings is 2. The molecule has 2 amide bonds. The molecule has 0 spiro atoms. The van der Waals surface area contributed by atoms with Gasteiger partial charge in [0.1, 0.15) is 5.82 Å². The Bertz CT molecular complexity index is 682. The summed E-state index contributed by atoms with van der Waals surface area (Å²) in [7, 11) is 1.76. The molecule has 1 aromatic rings. The number of hydrogen-bond acceptors (Lipinski definition) is 3. The first-order valence-corrected chi connectivity index (χ1v) is 10.5. The Morgan fingerprint density at radius 2 is 1.82 bits per heavy atom. The number of carbonyl (C=O) groups is 2. The van der Waals surface area contributed by atoms with Crippen LogP contribution in [0.25, 0.3) is 0 Å². The lowest BCUT2D eigenvalue weighted by molar-refractivity contribution is -0.139. The number of halogens is 1. The van der Waals surface area contributed by atoms with Crippen molar-refractivity contribution in [3.8, 4) is 0 Å². The van der Waals surface area contributed by atoms with Crippen LogP contribution in [0.3, 0.4) is 0 Å². The van der Waals surface area contributed by atoms with E-state index in [-0.39, 0.29) is 23.7 Å². The summed E-state index contributed by atoms with van der Waals surface area (Å²) in [4.78, 5) is 31.4. The van der Waals surface area contributed by atoms with E-state index in [4.69, 9.17) is 0 Å². The van der Waals surface area contributed by atoms with Crippen LogP contribution in [-0.2, 0) is 16.1 Å². The van der Waals surface area contributed by atoms with Crippen molar-refractivity contribution >= 4 is 11.8 Å². The molecule has 0 radical (unpaired) electrons. The minimum Gasteiger partial charge on any atom is -0.342 e. The summed E-state index contributed by atoms with van der Waals surface area (Å²) in [5.74, 6) is 0.153. The second-order valence-electron chi connectivity index (χ2n) is 8.20. The van der Waals surface area contributed by atoms with Gasteiger partial charge in [0.2, 0.25) is 11.8 Å². The van der Waals surface area contributed by atoms with Gasteiger partial charge in [-0.3, -0.25) is 14.5 Å². The first-order chi connectivity index (χ1) is 13.5. The molecule has 2 aliphatic heterocycles. The molecule has 1 aromatic carbocycles. The van der Waals surface area contributed by atoms with Gasteiger partial charge in [-0.2, -0.15) is 0 Å². The lowest BCUT2D eigenvalue weighted by Crippen LogP contribution is -2.50. The van der Waals surface area contributed by atoms with Crippen molar-refractivity contribution in [1.82, 2.24) is 14.7 Å². The van der Waals surface area contributed by atoms with Crippen LogP contribution in [0.5, 0.6) is 0 Å². The highest BCUT2D eigenvalue weighted by Crippen LogP contribution is 2.23. The molecule has 154 valence electrons. The second kappa shape index (κ2) is 9.50. The van der Waals surface area contributed by atoms with E-state index < -0.39 is 0 Å². The van der Waals surface area contributed by atoms with Crippen molar-refractivity contribution in [3.05, 3.63) is 35.6 Å². The number of likely N-dealkylation sites (N-methyl/N-ethyl adjacent to an activating group) is 1. The van der Waals surface area contributed by atoms with Crippen LogP contribution in [0, 0.1) is 11.7 Å². The van der Waals surface area contributed by atoms with E-state index in [1.165, 1.54) is 18.6 Å². The van der Waals surface area contributed by atoms with Crippen LogP contribution in [0.2, 0.25) is 0 Å². The molecule has 28 heavy (non-hydrogen) atoms. The fourth-order valence-electron chi connectivity index (χ4n) is 4.37. The number of hydrogen-bond donors (Lipinski definition) is 0. The molecule has 0 N–H and O–H groups in total. The number of likely N-dealkylation sites (tertiary alicyclic amines) is 2. The minimum absolute atomic E-state index is 0.0325. The van der Waals surface area contributed by atoms with Gasteiger partial charge in [-0.25, -0.2) is 4.39 Å². The molecule has 6 heteroatoms. The third kappa shape index (κ3) is 5.10. The maximum atomic E-state index is 13.4. The van der Waals surface area contributed by atoms with E-state index in [0.717, 1.165) is 57.4 Å². The molecule has 2 aliphatic rings. The zero-order valence-corrected chi connectivity index (χ0v) is 17.1. The predicted octanol–water partition coefficient (Wildman–Crippen LogP) is 2.90. The highest BCUT2D eigenvalue weighted by Gasteiger charge is 2.33. The summed E-state index contributed by atoms with van der Waals surface area (Å²) in [5.41, 5.74) is 0.786. The van der Waals surface area contributed by atoms with Crippen LogP contribution >= 0.6 is 0 Å². The predicted molar refractivity (Wildman–Crippen MR) is 107 cm³/mol. The SMILES string of the molecule is CC(C(=O)N(C)Cc1cccc(F)c1)N1CCC(C(=O)N2CCCCC2)CC1. The first kappa shape index (κ1) is 20.8. The molecule has 0 aromatic heterocycles. The van der Waals surface area contributed by atoms with Gasteiger partial charge in [-0.15, -0.1) is 0 Å². The molecule has 5 nitrogen and oxygen atoms in total. The third-order valence-electron chi connectivity index (χ3n) is 6.14. The van der Waals surface area contributed by atoms with Gasteiger partial charge in [0.15, 0.2) is 0 Å². The van der Waals surface area contributed by atoms with E-state index in [2.05, 4.69) is 4.90 Å². The Morgan fingerprint density at radius 1 is 1.14 bits per heavy atom. The molecule has 0 aliphatic carbocycles.